The zero-order valence-corrected chi connectivity index (χ0v) is 14.2. The lowest BCUT2D eigenvalue weighted by molar-refractivity contribution is -0.145. The molecule has 0 saturated carbocycles. The minimum Gasteiger partial charge on any atom is -0.372 e. The van der Waals surface area contributed by atoms with Gasteiger partial charge >= 0.3 is 0 Å². The van der Waals surface area contributed by atoms with Crippen molar-refractivity contribution in [2.45, 2.75) is 65.5 Å². The van der Waals surface area contributed by atoms with Crippen molar-refractivity contribution in [2.75, 3.05) is 13.1 Å². The smallest absolute Gasteiger partial charge is 0.239 e. The molecule has 0 bridgehead atoms. The highest BCUT2D eigenvalue weighted by Gasteiger charge is 2.29. The molecule has 0 aliphatic carbocycles. The Bertz CT molecular complexity index is 492. The second-order valence-electron chi connectivity index (χ2n) is 6.53. The van der Waals surface area contributed by atoms with Crippen LogP contribution >= 0.6 is 0 Å². The molecular weight excluding hydrogens is 280 g/mol. The van der Waals surface area contributed by atoms with Crippen LogP contribution in [0.2, 0.25) is 0 Å². The number of carbonyl (C=O) groups excluding carboxylic acids is 1. The molecule has 22 heavy (non-hydrogen) atoms. The average molecular weight is 308 g/mol. The number of carbonyl (C=O) groups is 1. The third-order valence-corrected chi connectivity index (χ3v) is 3.86. The molecule has 1 saturated heterocycles. The van der Waals surface area contributed by atoms with E-state index in [0.29, 0.717) is 13.1 Å². The number of aromatic nitrogens is 2. The number of hydrogen-bond donors (Lipinski definition) is 1. The lowest BCUT2D eigenvalue weighted by Crippen LogP contribution is -2.54. The van der Waals surface area contributed by atoms with E-state index in [9.17, 15) is 4.79 Å². The first kappa shape index (κ1) is 17.0. The van der Waals surface area contributed by atoms with Crippen molar-refractivity contribution < 1.29 is 9.53 Å². The molecule has 2 rings (SSSR count). The molecule has 1 aliphatic rings. The molecule has 0 aromatic carbocycles. The highest BCUT2D eigenvalue weighted by Crippen LogP contribution is 2.12. The van der Waals surface area contributed by atoms with E-state index in [-0.39, 0.29) is 30.2 Å². The minimum atomic E-state index is -0.204. The lowest BCUT2D eigenvalue weighted by atomic mass is 10.2. The number of rotatable bonds is 5. The van der Waals surface area contributed by atoms with Crippen molar-refractivity contribution in [3.8, 4) is 0 Å². The Morgan fingerprint density at radius 3 is 2.59 bits per heavy atom. The van der Waals surface area contributed by atoms with Gasteiger partial charge in [0.05, 0.1) is 31.0 Å². The average Bonchev–Trinajstić information content (AvgIpc) is 2.81. The summed E-state index contributed by atoms with van der Waals surface area (Å²) < 4.78 is 7.59. The van der Waals surface area contributed by atoms with Gasteiger partial charge in [0.15, 0.2) is 0 Å². The third-order valence-electron chi connectivity index (χ3n) is 3.86. The maximum atomic E-state index is 12.6. The van der Waals surface area contributed by atoms with Crippen LogP contribution < -0.4 is 5.32 Å². The predicted molar refractivity (Wildman–Crippen MR) is 85.6 cm³/mol. The lowest BCUT2D eigenvalue weighted by Gasteiger charge is -2.37. The summed E-state index contributed by atoms with van der Waals surface area (Å²) in [6, 6.07) is -0.0294. The van der Waals surface area contributed by atoms with Crippen molar-refractivity contribution in [1.29, 1.82) is 0 Å². The molecule has 2 heterocycles. The summed E-state index contributed by atoms with van der Waals surface area (Å²) in [6.45, 7) is 12.1. The summed E-state index contributed by atoms with van der Waals surface area (Å²) in [5.74, 6) is 0.144. The van der Waals surface area contributed by atoms with Gasteiger partial charge < -0.3 is 15.0 Å². The number of morpholine rings is 1. The molecule has 1 N–H and O–H groups in total. The van der Waals surface area contributed by atoms with Gasteiger partial charge in [0.1, 0.15) is 0 Å². The van der Waals surface area contributed by atoms with E-state index in [2.05, 4.69) is 17.3 Å². The van der Waals surface area contributed by atoms with Crippen LogP contribution in [0.4, 0.5) is 0 Å². The molecule has 1 aliphatic heterocycles. The zero-order valence-electron chi connectivity index (χ0n) is 14.2. The Morgan fingerprint density at radius 1 is 1.41 bits per heavy atom. The largest absolute Gasteiger partial charge is 0.372 e. The van der Waals surface area contributed by atoms with Crippen LogP contribution in [0.5, 0.6) is 0 Å². The summed E-state index contributed by atoms with van der Waals surface area (Å²) in [6.07, 6.45) is 4.06. The predicted octanol–water partition coefficient (Wildman–Crippen LogP) is 1.19. The Kier molecular flexibility index (Phi) is 5.58. The summed E-state index contributed by atoms with van der Waals surface area (Å²) >= 11 is 0. The van der Waals surface area contributed by atoms with Crippen LogP contribution in [0.25, 0.3) is 0 Å². The number of nitrogens with zero attached hydrogens (tertiary/aromatic N) is 3. The first-order valence-electron chi connectivity index (χ1n) is 8.04. The third kappa shape index (κ3) is 4.55. The first-order valence-corrected chi connectivity index (χ1v) is 8.04. The van der Waals surface area contributed by atoms with Gasteiger partial charge in [0, 0.05) is 25.3 Å². The zero-order chi connectivity index (χ0) is 16.3. The molecule has 124 valence electrons. The fourth-order valence-corrected chi connectivity index (χ4v) is 3.03. The van der Waals surface area contributed by atoms with Gasteiger partial charge in [-0.25, -0.2) is 0 Å². The van der Waals surface area contributed by atoms with Crippen LogP contribution in [-0.2, 0) is 16.1 Å². The van der Waals surface area contributed by atoms with Crippen molar-refractivity contribution in [3.63, 3.8) is 0 Å². The molecule has 0 unspecified atom stereocenters. The number of amides is 1. The van der Waals surface area contributed by atoms with Gasteiger partial charge in [-0.1, -0.05) is 0 Å². The molecule has 6 heteroatoms. The number of ether oxygens (including phenoxy) is 1. The van der Waals surface area contributed by atoms with Crippen molar-refractivity contribution in [3.05, 3.63) is 18.0 Å². The molecule has 4 atom stereocenters. The van der Waals surface area contributed by atoms with Crippen LogP contribution in [0, 0.1) is 6.92 Å². The van der Waals surface area contributed by atoms with Crippen LogP contribution in [0.3, 0.4) is 0 Å². The second kappa shape index (κ2) is 7.24. The van der Waals surface area contributed by atoms with Gasteiger partial charge in [-0.3, -0.25) is 9.48 Å². The minimum absolute atomic E-state index is 0.101. The molecule has 0 radical (unpaired) electrons. The van der Waals surface area contributed by atoms with E-state index < -0.39 is 0 Å². The van der Waals surface area contributed by atoms with Crippen molar-refractivity contribution in [2.24, 2.45) is 0 Å². The molecule has 1 aromatic heterocycles. The SMILES string of the molecule is Cc1cnn(C[C@H](C)N[C@H](C)C(=O)N2C[C@H](C)O[C@@H](C)C2)c1. The number of nitrogens with one attached hydrogen (secondary N) is 1. The summed E-state index contributed by atoms with van der Waals surface area (Å²) in [4.78, 5) is 14.5. The van der Waals surface area contributed by atoms with E-state index in [0.717, 1.165) is 12.1 Å². The highest BCUT2D eigenvalue weighted by atomic mass is 16.5. The normalized spacial score (nSPS) is 25.0. The summed E-state index contributed by atoms with van der Waals surface area (Å²) in [5, 5.41) is 7.65. The standard InChI is InChI=1S/C16H28N4O2/c1-11-6-17-20(7-11)8-12(2)18-15(5)16(21)19-9-13(3)22-14(4)10-19/h6-7,12-15,18H,8-10H2,1-5H3/t12-,13-,14-,15+/m0/s1. The van der Waals surface area contributed by atoms with Gasteiger partial charge in [0.2, 0.25) is 5.91 Å². The highest BCUT2D eigenvalue weighted by molar-refractivity contribution is 5.81. The fourth-order valence-electron chi connectivity index (χ4n) is 3.03. The molecule has 1 amide bonds. The quantitative estimate of drug-likeness (QED) is 0.888. The molecule has 0 spiro atoms. The molecular formula is C16H28N4O2. The van der Waals surface area contributed by atoms with Gasteiger partial charge in [-0.05, 0) is 40.2 Å². The number of hydrogen-bond acceptors (Lipinski definition) is 4. The Balaban J connectivity index is 1.85. The number of aryl methyl sites for hydroxylation is 1. The van der Waals surface area contributed by atoms with E-state index in [1.807, 2.05) is 49.7 Å². The molecule has 6 nitrogen and oxygen atoms in total. The Labute approximate surface area is 132 Å². The maximum absolute atomic E-state index is 12.6. The monoisotopic (exact) mass is 308 g/mol. The summed E-state index contributed by atoms with van der Waals surface area (Å²) in [7, 11) is 0. The maximum Gasteiger partial charge on any atom is 0.239 e. The van der Waals surface area contributed by atoms with Crippen molar-refractivity contribution >= 4 is 5.91 Å². The van der Waals surface area contributed by atoms with E-state index in [1.165, 1.54) is 0 Å². The van der Waals surface area contributed by atoms with Crippen LogP contribution in [0.1, 0.15) is 33.3 Å². The van der Waals surface area contributed by atoms with Crippen molar-refractivity contribution in [1.82, 2.24) is 20.0 Å². The van der Waals surface area contributed by atoms with E-state index >= 15 is 0 Å². The fraction of sp³-hybridized carbons (Fsp3) is 0.750. The van der Waals surface area contributed by atoms with E-state index in [1.54, 1.807) is 0 Å². The molecule has 1 fully saturated rings. The van der Waals surface area contributed by atoms with Crippen LogP contribution in [-0.4, -0.2) is 58.0 Å². The molecule has 1 aromatic rings. The van der Waals surface area contributed by atoms with Crippen LogP contribution in [0.15, 0.2) is 12.4 Å². The van der Waals surface area contributed by atoms with Gasteiger partial charge in [0.25, 0.3) is 0 Å². The first-order chi connectivity index (χ1) is 10.3. The second-order valence-corrected chi connectivity index (χ2v) is 6.53. The Morgan fingerprint density at radius 2 is 2.05 bits per heavy atom. The van der Waals surface area contributed by atoms with Gasteiger partial charge in [-0.15, -0.1) is 0 Å². The Hall–Kier alpha value is -1.40. The topological polar surface area (TPSA) is 59.4 Å². The van der Waals surface area contributed by atoms with Gasteiger partial charge in [-0.2, -0.15) is 5.10 Å². The van der Waals surface area contributed by atoms with E-state index in [4.69, 9.17) is 4.74 Å². The summed E-state index contributed by atoms with van der Waals surface area (Å²) in [5.41, 5.74) is 1.15.